The largest absolute Gasteiger partial charge is 0.353 e. The first-order chi connectivity index (χ1) is 8.27. The lowest BCUT2D eigenvalue weighted by atomic mass is 9.97. The van der Waals surface area contributed by atoms with E-state index in [0.29, 0.717) is 12.6 Å². The maximum absolute atomic E-state index is 12.1. The Morgan fingerprint density at radius 1 is 1.24 bits per heavy atom. The van der Waals surface area contributed by atoms with Gasteiger partial charge >= 0.3 is 0 Å². The number of nitrogens with one attached hydrogen (secondary N) is 1. The number of rotatable bonds is 6. The Hall–Kier alpha value is -0.570. The van der Waals surface area contributed by atoms with Gasteiger partial charge in [0.25, 0.3) is 0 Å². The lowest BCUT2D eigenvalue weighted by Crippen LogP contribution is -2.39. The van der Waals surface area contributed by atoms with Crippen LogP contribution in [0.3, 0.4) is 0 Å². The number of nitrogens with two attached hydrogens (primary N) is 1. The third-order valence-electron chi connectivity index (χ3n) is 3.72. The standard InChI is InChI=1S/C14H28N2O/c1-2-7-12(10-11-15)14(17)16-13-8-5-3-4-6-9-13/h12-13H,2-11,15H2,1H3,(H,16,17). The summed E-state index contributed by atoms with van der Waals surface area (Å²) in [4.78, 5) is 12.1. The van der Waals surface area contributed by atoms with Gasteiger partial charge in [-0.25, -0.2) is 0 Å². The molecule has 100 valence electrons. The van der Waals surface area contributed by atoms with Crippen LogP contribution in [-0.4, -0.2) is 18.5 Å². The summed E-state index contributed by atoms with van der Waals surface area (Å²) >= 11 is 0. The first-order valence-electron chi connectivity index (χ1n) is 7.28. The molecule has 1 amide bonds. The van der Waals surface area contributed by atoms with Crippen LogP contribution >= 0.6 is 0 Å². The van der Waals surface area contributed by atoms with Crippen LogP contribution < -0.4 is 11.1 Å². The highest BCUT2D eigenvalue weighted by Crippen LogP contribution is 2.18. The third-order valence-corrected chi connectivity index (χ3v) is 3.72. The minimum absolute atomic E-state index is 0.133. The van der Waals surface area contributed by atoms with E-state index < -0.39 is 0 Å². The fraction of sp³-hybridized carbons (Fsp3) is 0.929. The second-order valence-electron chi connectivity index (χ2n) is 5.26. The van der Waals surface area contributed by atoms with Crippen molar-refractivity contribution < 1.29 is 4.79 Å². The summed E-state index contributed by atoms with van der Waals surface area (Å²) in [6, 6.07) is 0.419. The van der Waals surface area contributed by atoms with Crippen molar-refractivity contribution in [2.75, 3.05) is 6.54 Å². The number of hydrogen-bond acceptors (Lipinski definition) is 2. The molecule has 3 heteroatoms. The smallest absolute Gasteiger partial charge is 0.223 e. The highest BCUT2D eigenvalue weighted by atomic mass is 16.1. The van der Waals surface area contributed by atoms with Crippen molar-refractivity contribution in [3.05, 3.63) is 0 Å². The van der Waals surface area contributed by atoms with Crippen LogP contribution in [0.1, 0.15) is 64.7 Å². The summed E-state index contributed by atoms with van der Waals surface area (Å²) in [5, 5.41) is 3.23. The molecule has 3 N–H and O–H groups in total. The SMILES string of the molecule is CCCC(CCN)C(=O)NC1CCCCCC1. The molecule has 0 saturated heterocycles. The molecule has 0 bridgehead atoms. The molecule has 0 heterocycles. The Labute approximate surface area is 106 Å². The van der Waals surface area contributed by atoms with Crippen molar-refractivity contribution in [1.29, 1.82) is 0 Å². The Morgan fingerprint density at radius 3 is 2.41 bits per heavy atom. The normalized spacial score (nSPS) is 19.6. The minimum atomic E-state index is 0.133. The molecule has 1 unspecified atom stereocenters. The van der Waals surface area contributed by atoms with Crippen LogP contribution in [0, 0.1) is 5.92 Å². The summed E-state index contributed by atoms with van der Waals surface area (Å²) in [5.74, 6) is 0.373. The van der Waals surface area contributed by atoms with Gasteiger partial charge in [-0.15, -0.1) is 0 Å². The Balaban J connectivity index is 2.38. The molecule has 1 saturated carbocycles. The van der Waals surface area contributed by atoms with Crippen LogP contribution in [0.15, 0.2) is 0 Å². The number of carbonyl (C=O) groups is 1. The summed E-state index contributed by atoms with van der Waals surface area (Å²) in [7, 11) is 0. The summed E-state index contributed by atoms with van der Waals surface area (Å²) in [6.45, 7) is 2.74. The summed E-state index contributed by atoms with van der Waals surface area (Å²) in [5.41, 5.74) is 5.58. The van der Waals surface area contributed by atoms with Gasteiger partial charge in [-0.2, -0.15) is 0 Å². The van der Waals surface area contributed by atoms with Crippen molar-refractivity contribution >= 4 is 5.91 Å². The van der Waals surface area contributed by atoms with Gasteiger partial charge in [0, 0.05) is 12.0 Å². The van der Waals surface area contributed by atoms with Gasteiger partial charge in [0.15, 0.2) is 0 Å². The van der Waals surface area contributed by atoms with Gasteiger partial charge < -0.3 is 11.1 Å². The number of carbonyl (C=O) groups excluding carboxylic acids is 1. The van der Waals surface area contributed by atoms with Crippen LogP contribution in [0.5, 0.6) is 0 Å². The van der Waals surface area contributed by atoms with Crippen LogP contribution in [0.25, 0.3) is 0 Å². The lowest BCUT2D eigenvalue weighted by Gasteiger charge is -2.21. The average Bonchev–Trinajstić information content (AvgIpc) is 2.57. The van der Waals surface area contributed by atoms with Crippen molar-refractivity contribution in [2.45, 2.75) is 70.8 Å². The molecule has 0 aliphatic heterocycles. The molecule has 1 aliphatic rings. The molecule has 1 fully saturated rings. The van der Waals surface area contributed by atoms with Gasteiger partial charge in [0.05, 0.1) is 0 Å². The van der Waals surface area contributed by atoms with E-state index >= 15 is 0 Å². The molecule has 0 aromatic heterocycles. The molecule has 3 nitrogen and oxygen atoms in total. The second kappa shape index (κ2) is 8.51. The summed E-state index contributed by atoms with van der Waals surface area (Å²) in [6.07, 6.45) is 10.4. The predicted octanol–water partition coefficient (Wildman–Crippen LogP) is 2.59. The van der Waals surface area contributed by atoms with Crippen LogP contribution in [0.2, 0.25) is 0 Å². The van der Waals surface area contributed by atoms with Gasteiger partial charge in [0.1, 0.15) is 0 Å². The highest BCUT2D eigenvalue weighted by molar-refractivity contribution is 5.78. The fourth-order valence-electron chi connectivity index (χ4n) is 2.70. The van der Waals surface area contributed by atoms with E-state index in [4.69, 9.17) is 5.73 Å². The van der Waals surface area contributed by atoms with Gasteiger partial charge in [-0.05, 0) is 32.2 Å². The third kappa shape index (κ3) is 5.53. The predicted molar refractivity (Wildman–Crippen MR) is 71.7 cm³/mol. The van der Waals surface area contributed by atoms with E-state index in [1.165, 1.54) is 25.7 Å². The first kappa shape index (κ1) is 14.5. The maximum atomic E-state index is 12.1. The zero-order chi connectivity index (χ0) is 12.5. The van der Waals surface area contributed by atoms with Crippen molar-refractivity contribution in [2.24, 2.45) is 11.7 Å². The van der Waals surface area contributed by atoms with E-state index in [1.54, 1.807) is 0 Å². The molecule has 0 aromatic carbocycles. The highest BCUT2D eigenvalue weighted by Gasteiger charge is 2.20. The van der Waals surface area contributed by atoms with E-state index in [9.17, 15) is 4.79 Å². The van der Waals surface area contributed by atoms with Gasteiger partial charge in [0.2, 0.25) is 5.91 Å². The van der Waals surface area contributed by atoms with E-state index in [2.05, 4.69) is 12.2 Å². The zero-order valence-corrected chi connectivity index (χ0v) is 11.2. The number of hydrogen-bond donors (Lipinski definition) is 2. The molecule has 17 heavy (non-hydrogen) atoms. The van der Waals surface area contributed by atoms with Crippen LogP contribution in [0.4, 0.5) is 0 Å². The van der Waals surface area contributed by atoms with Crippen molar-refractivity contribution in [3.8, 4) is 0 Å². The van der Waals surface area contributed by atoms with Crippen LogP contribution in [-0.2, 0) is 4.79 Å². The first-order valence-corrected chi connectivity index (χ1v) is 7.28. The van der Waals surface area contributed by atoms with E-state index in [0.717, 1.165) is 32.1 Å². The fourth-order valence-corrected chi connectivity index (χ4v) is 2.70. The maximum Gasteiger partial charge on any atom is 0.223 e. The molecule has 1 atom stereocenters. The number of amides is 1. The molecular weight excluding hydrogens is 212 g/mol. The van der Waals surface area contributed by atoms with Gasteiger partial charge in [-0.3, -0.25) is 4.79 Å². The molecule has 0 spiro atoms. The van der Waals surface area contributed by atoms with Crippen molar-refractivity contribution in [3.63, 3.8) is 0 Å². The van der Waals surface area contributed by atoms with Crippen molar-refractivity contribution in [1.82, 2.24) is 5.32 Å². The average molecular weight is 240 g/mol. The van der Waals surface area contributed by atoms with Gasteiger partial charge in [-0.1, -0.05) is 39.0 Å². The Kier molecular flexibility index (Phi) is 7.25. The Bertz CT molecular complexity index is 204. The molecule has 1 rings (SSSR count). The van der Waals surface area contributed by atoms with E-state index in [1.807, 2.05) is 0 Å². The molecule has 0 aromatic rings. The topological polar surface area (TPSA) is 55.1 Å². The monoisotopic (exact) mass is 240 g/mol. The summed E-state index contributed by atoms with van der Waals surface area (Å²) < 4.78 is 0. The Morgan fingerprint density at radius 2 is 1.88 bits per heavy atom. The minimum Gasteiger partial charge on any atom is -0.353 e. The zero-order valence-electron chi connectivity index (χ0n) is 11.2. The molecule has 0 radical (unpaired) electrons. The molecule has 1 aliphatic carbocycles. The van der Waals surface area contributed by atoms with E-state index in [-0.39, 0.29) is 11.8 Å². The quantitative estimate of drug-likeness (QED) is 0.701. The second-order valence-corrected chi connectivity index (χ2v) is 5.26. The molecular formula is C14H28N2O. The lowest BCUT2D eigenvalue weighted by molar-refractivity contribution is -0.126.